The summed E-state index contributed by atoms with van der Waals surface area (Å²) in [7, 11) is 0. The van der Waals surface area contributed by atoms with Crippen LogP contribution >= 0.6 is 0 Å². The van der Waals surface area contributed by atoms with E-state index in [2.05, 4.69) is 10.6 Å². The van der Waals surface area contributed by atoms with Gasteiger partial charge in [0.15, 0.2) is 0 Å². The highest BCUT2D eigenvalue weighted by Gasteiger charge is 2.26. The highest BCUT2D eigenvalue weighted by atomic mass is 16.4. The third-order valence-electron chi connectivity index (χ3n) is 4.94. The number of nitrogens with one attached hydrogen (secondary N) is 2. The molecule has 2 fully saturated rings. The summed E-state index contributed by atoms with van der Waals surface area (Å²) in [6, 6.07) is 0.275. The maximum Gasteiger partial charge on any atom is 0.315 e. The Morgan fingerprint density at radius 1 is 0.905 bits per heavy atom. The van der Waals surface area contributed by atoms with Crippen molar-refractivity contribution in [2.75, 3.05) is 6.54 Å². The van der Waals surface area contributed by atoms with Crippen molar-refractivity contribution in [3.8, 4) is 0 Å². The number of hydrogen-bond donors (Lipinski definition) is 3. The smallest absolute Gasteiger partial charge is 0.315 e. The summed E-state index contributed by atoms with van der Waals surface area (Å²) < 4.78 is 0. The van der Waals surface area contributed by atoms with Crippen molar-refractivity contribution < 1.29 is 14.7 Å². The number of aliphatic carboxylic acids is 1. The van der Waals surface area contributed by atoms with Crippen LogP contribution in [-0.2, 0) is 4.79 Å². The van der Waals surface area contributed by atoms with Crippen LogP contribution in [0, 0.1) is 11.8 Å². The Bertz CT molecular complexity index is 343. The summed E-state index contributed by atoms with van der Waals surface area (Å²) in [4.78, 5) is 22.8. The second-order valence-electron chi connectivity index (χ2n) is 6.60. The van der Waals surface area contributed by atoms with Gasteiger partial charge >= 0.3 is 12.0 Å². The van der Waals surface area contributed by atoms with Gasteiger partial charge in [-0.3, -0.25) is 4.79 Å². The molecule has 0 radical (unpaired) electrons. The number of amides is 2. The number of carboxylic acids is 1. The summed E-state index contributed by atoms with van der Waals surface area (Å²) in [5, 5.41) is 15.0. The van der Waals surface area contributed by atoms with Crippen LogP contribution in [0.2, 0.25) is 0 Å². The Hall–Kier alpha value is -1.26. The number of carboxylic acid groups (broad SMARTS) is 1. The number of carbonyl (C=O) groups is 2. The van der Waals surface area contributed by atoms with Gasteiger partial charge in [0.05, 0.1) is 5.92 Å². The van der Waals surface area contributed by atoms with E-state index in [1.54, 1.807) is 0 Å². The lowest BCUT2D eigenvalue weighted by Gasteiger charge is -2.26. The third-order valence-corrected chi connectivity index (χ3v) is 4.94. The molecule has 0 heterocycles. The van der Waals surface area contributed by atoms with Gasteiger partial charge < -0.3 is 15.7 Å². The van der Waals surface area contributed by atoms with Crippen molar-refractivity contribution in [1.82, 2.24) is 10.6 Å². The lowest BCUT2D eigenvalue weighted by Crippen LogP contribution is -2.43. The minimum Gasteiger partial charge on any atom is -0.481 e. The molecule has 0 aromatic carbocycles. The van der Waals surface area contributed by atoms with E-state index in [4.69, 9.17) is 5.11 Å². The second kappa shape index (κ2) is 8.25. The molecule has 2 aliphatic rings. The summed E-state index contributed by atoms with van der Waals surface area (Å²) >= 11 is 0. The number of urea groups is 1. The molecular weight excluding hydrogens is 268 g/mol. The highest BCUT2D eigenvalue weighted by molar-refractivity contribution is 5.74. The first kappa shape index (κ1) is 16.1. The summed E-state index contributed by atoms with van der Waals surface area (Å²) in [5.74, 6) is -0.422. The first-order chi connectivity index (χ1) is 10.1. The minimum atomic E-state index is -0.674. The standard InChI is InChI=1S/C16H28N2O3/c19-15(20)13-9-7-12(8-10-13)11-17-16(21)18-14-5-3-1-2-4-6-14/h12-14H,1-11H2,(H,19,20)(H2,17,18,21). The number of hydrogen-bond acceptors (Lipinski definition) is 2. The van der Waals surface area contributed by atoms with E-state index in [0.29, 0.717) is 18.5 Å². The van der Waals surface area contributed by atoms with Crippen LogP contribution < -0.4 is 10.6 Å². The van der Waals surface area contributed by atoms with E-state index in [9.17, 15) is 9.59 Å². The largest absolute Gasteiger partial charge is 0.481 e. The molecule has 21 heavy (non-hydrogen) atoms. The fraction of sp³-hybridized carbons (Fsp3) is 0.875. The van der Waals surface area contributed by atoms with Gasteiger partial charge in [-0.15, -0.1) is 0 Å². The van der Waals surface area contributed by atoms with Gasteiger partial charge in [0.1, 0.15) is 0 Å². The van der Waals surface area contributed by atoms with Crippen molar-refractivity contribution in [2.24, 2.45) is 11.8 Å². The molecular formula is C16H28N2O3. The first-order valence-corrected chi connectivity index (χ1v) is 8.42. The zero-order valence-electron chi connectivity index (χ0n) is 12.8. The van der Waals surface area contributed by atoms with E-state index in [1.165, 1.54) is 25.7 Å². The molecule has 0 aromatic rings. The fourth-order valence-corrected chi connectivity index (χ4v) is 3.51. The van der Waals surface area contributed by atoms with E-state index in [1.807, 2.05) is 0 Å². The van der Waals surface area contributed by atoms with Gasteiger partial charge in [-0.05, 0) is 44.4 Å². The zero-order valence-corrected chi connectivity index (χ0v) is 12.8. The predicted octanol–water partition coefficient (Wildman–Crippen LogP) is 2.90. The molecule has 5 nitrogen and oxygen atoms in total. The fourth-order valence-electron chi connectivity index (χ4n) is 3.51. The SMILES string of the molecule is O=C(NCC1CCC(C(=O)O)CC1)NC1CCCCCC1. The van der Waals surface area contributed by atoms with E-state index < -0.39 is 5.97 Å². The van der Waals surface area contributed by atoms with Crippen LogP contribution in [0.1, 0.15) is 64.2 Å². The lowest BCUT2D eigenvalue weighted by atomic mass is 9.82. The normalized spacial score (nSPS) is 27.6. The molecule has 2 amide bonds. The number of carbonyl (C=O) groups excluding carboxylic acids is 1. The maximum atomic E-state index is 11.9. The molecule has 3 N–H and O–H groups in total. The van der Waals surface area contributed by atoms with Crippen molar-refractivity contribution in [1.29, 1.82) is 0 Å². The van der Waals surface area contributed by atoms with Gasteiger partial charge in [-0.1, -0.05) is 25.7 Å². The van der Waals surface area contributed by atoms with E-state index in [-0.39, 0.29) is 11.9 Å². The second-order valence-corrected chi connectivity index (χ2v) is 6.60. The molecule has 0 spiro atoms. The van der Waals surface area contributed by atoms with Crippen molar-refractivity contribution >= 4 is 12.0 Å². The van der Waals surface area contributed by atoms with Gasteiger partial charge in [0.2, 0.25) is 0 Å². The van der Waals surface area contributed by atoms with Gasteiger partial charge in [-0.2, -0.15) is 0 Å². The summed E-state index contributed by atoms with van der Waals surface area (Å²) in [5.41, 5.74) is 0. The average Bonchev–Trinajstić information content (AvgIpc) is 2.74. The molecule has 5 heteroatoms. The topological polar surface area (TPSA) is 78.4 Å². The molecule has 0 aliphatic heterocycles. The average molecular weight is 296 g/mol. The molecule has 2 aliphatic carbocycles. The molecule has 2 saturated carbocycles. The highest BCUT2D eigenvalue weighted by Crippen LogP contribution is 2.28. The Kier molecular flexibility index (Phi) is 6.33. The Morgan fingerprint density at radius 2 is 1.52 bits per heavy atom. The van der Waals surface area contributed by atoms with Crippen LogP contribution in [0.4, 0.5) is 4.79 Å². The molecule has 0 saturated heterocycles. The summed E-state index contributed by atoms with van der Waals surface area (Å²) in [6.45, 7) is 0.672. The van der Waals surface area contributed by atoms with Gasteiger partial charge in [0, 0.05) is 12.6 Å². The zero-order chi connectivity index (χ0) is 15.1. The molecule has 120 valence electrons. The Balaban J connectivity index is 1.61. The first-order valence-electron chi connectivity index (χ1n) is 8.42. The van der Waals surface area contributed by atoms with E-state index in [0.717, 1.165) is 38.5 Å². The molecule has 0 bridgehead atoms. The Labute approximate surface area is 126 Å². The van der Waals surface area contributed by atoms with E-state index >= 15 is 0 Å². The van der Waals surface area contributed by atoms with Crippen molar-refractivity contribution in [2.45, 2.75) is 70.3 Å². The van der Waals surface area contributed by atoms with Crippen LogP contribution in [0.15, 0.2) is 0 Å². The summed E-state index contributed by atoms with van der Waals surface area (Å²) in [6.07, 6.45) is 10.5. The molecule has 0 unspecified atom stereocenters. The van der Waals surface area contributed by atoms with Gasteiger partial charge in [0.25, 0.3) is 0 Å². The van der Waals surface area contributed by atoms with Crippen molar-refractivity contribution in [3.63, 3.8) is 0 Å². The van der Waals surface area contributed by atoms with Crippen LogP contribution in [0.3, 0.4) is 0 Å². The van der Waals surface area contributed by atoms with Crippen molar-refractivity contribution in [3.05, 3.63) is 0 Å². The predicted molar refractivity (Wildman–Crippen MR) is 81.1 cm³/mol. The monoisotopic (exact) mass is 296 g/mol. The lowest BCUT2D eigenvalue weighted by molar-refractivity contribution is -0.143. The molecule has 2 rings (SSSR count). The minimum absolute atomic E-state index is 0.0535. The Morgan fingerprint density at radius 3 is 2.10 bits per heavy atom. The quantitative estimate of drug-likeness (QED) is 0.698. The van der Waals surface area contributed by atoms with Crippen LogP contribution in [0.5, 0.6) is 0 Å². The van der Waals surface area contributed by atoms with Crippen LogP contribution in [-0.4, -0.2) is 29.7 Å². The number of rotatable bonds is 4. The molecule has 0 aromatic heterocycles. The van der Waals surface area contributed by atoms with Gasteiger partial charge in [-0.25, -0.2) is 4.79 Å². The molecule has 0 atom stereocenters. The third kappa shape index (κ3) is 5.56. The van der Waals surface area contributed by atoms with Crippen LogP contribution in [0.25, 0.3) is 0 Å². The maximum absolute atomic E-state index is 11.9.